The van der Waals surface area contributed by atoms with E-state index in [9.17, 15) is 4.21 Å². The third-order valence-corrected chi connectivity index (χ3v) is 3.64. The van der Waals surface area contributed by atoms with E-state index in [4.69, 9.17) is 4.55 Å². The number of pyridine rings is 1. The van der Waals surface area contributed by atoms with Gasteiger partial charge in [-0.05, 0) is 17.7 Å². The van der Waals surface area contributed by atoms with Crippen LogP contribution in [0.3, 0.4) is 0 Å². The van der Waals surface area contributed by atoms with E-state index in [0.717, 1.165) is 27.7 Å². The molecule has 0 aliphatic carbocycles. The third kappa shape index (κ3) is 3.33. The number of nitrogens with zero attached hydrogens (tertiary/aromatic N) is 1. The Morgan fingerprint density at radius 1 is 1.00 bits per heavy atom. The molecule has 1 heterocycles. The molecule has 1 atom stereocenters. The van der Waals surface area contributed by atoms with Gasteiger partial charge >= 0.3 is 0 Å². The lowest BCUT2D eigenvalue weighted by atomic mass is 10.1. The smallest absolute Gasteiger partial charge is 0.232 e. The first-order chi connectivity index (χ1) is 10.2. The Balaban J connectivity index is 1.86. The predicted octanol–water partition coefficient (Wildman–Crippen LogP) is 3.13. The van der Waals surface area contributed by atoms with Gasteiger partial charge < -0.3 is 0 Å². The molecule has 3 aromatic rings. The summed E-state index contributed by atoms with van der Waals surface area (Å²) >= 11 is -1.99. The van der Waals surface area contributed by atoms with Crippen molar-refractivity contribution in [2.45, 2.75) is 6.54 Å². The molecule has 0 aliphatic heterocycles. The number of rotatable bonds is 4. The first-order valence-electron chi connectivity index (χ1n) is 6.52. The van der Waals surface area contributed by atoms with Crippen molar-refractivity contribution in [3.63, 3.8) is 0 Å². The van der Waals surface area contributed by atoms with Gasteiger partial charge in [0.05, 0.1) is 11.2 Å². The highest BCUT2D eigenvalue weighted by Gasteiger charge is 2.02. The number of hydrogen-bond donors (Lipinski definition) is 2. The average molecular weight is 298 g/mol. The number of fused-ring (bicyclic) bond motifs is 1. The molecule has 2 aromatic carbocycles. The normalized spacial score (nSPS) is 12.4. The molecule has 0 aliphatic rings. The summed E-state index contributed by atoms with van der Waals surface area (Å²) in [4.78, 5) is 4.65. The Labute approximate surface area is 125 Å². The summed E-state index contributed by atoms with van der Waals surface area (Å²) in [6.45, 7) is 0.356. The fourth-order valence-corrected chi connectivity index (χ4v) is 2.46. The molecule has 0 fully saturated rings. The Hall–Kier alpha value is -2.08. The fourth-order valence-electron chi connectivity index (χ4n) is 2.17. The lowest BCUT2D eigenvalue weighted by molar-refractivity contribution is 0.548. The highest BCUT2D eigenvalue weighted by atomic mass is 32.2. The zero-order valence-electron chi connectivity index (χ0n) is 11.2. The van der Waals surface area contributed by atoms with Crippen LogP contribution in [0.4, 0.5) is 0 Å². The zero-order valence-corrected chi connectivity index (χ0v) is 12.0. The van der Waals surface area contributed by atoms with E-state index in [1.54, 1.807) is 0 Å². The first-order valence-corrected chi connectivity index (χ1v) is 7.62. The maximum atomic E-state index is 10.6. The molecule has 3 rings (SSSR count). The molecule has 5 heteroatoms. The van der Waals surface area contributed by atoms with E-state index >= 15 is 0 Å². The van der Waals surface area contributed by atoms with Crippen LogP contribution >= 0.6 is 0 Å². The summed E-state index contributed by atoms with van der Waals surface area (Å²) < 4.78 is 21.7. The van der Waals surface area contributed by atoms with Gasteiger partial charge in [-0.15, -0.1) is 0 Å². The number of benzene rings is 2. The van der Waals surface area contributed by atoms with Crippen molar-refractivity contribution < 1.29 is 8.76 Å². The summed E-state index contributed by atoms with van der Waals surface area (Å²) in [7, 11) is 0. The summed E-state index contributed by atoms with van der Waals surface area (Å²) in [6, 6.07) is 19.8. The standard InChI is InChI=1S/C16H14N2O2S/c19-21(20)17-11-12-5-7-14(8-6-12)16-10-9-13-3-1-2-4-15(13)18-16/h1-10,17H,11H2,(H,19,20). The molecule has 0 saturated heterocycles. The lowest BCUT2D eigenvalue weighted by Gasteiger charge is -2.05. The Kier molecular flexibility index (Phi) is 4.06. The van der Waals surface area contributed by atoms with E-state index in [-0.39, 0.29) is 0 Å². The zero-order chi connectivity index (χ0) is 14.7. The molecule has 1 aromatic heterocycles. The van der Waals surface area contributed by atoms with Crippen molar-refractivity contribution in [2.24, 2.45) is 0 Å². The Morgan fingerprint density at radius 3 is 2.52 bits per heavy atom. The molecule has 0 amide bonds. The van der Waals surface area contributed by atoms with Crippen LogP contribution in [0.1, 0.15) is 5.56 Å². The van der Waals surface area contributed by atoms with E-state index in [1.807, 2.05) is 54.6 Å². The minimum Gasteiger partial charge on any atom is -0.294 e. The van der Waals surface area contributed by atoms with Gasteiger partial charge in [-0.25, -0.2) is 13.9 Å². The van der Waals surface area contributed by atoms with Gasteiger partial charge in [0.15, 0.2) is 0 Å². The topological polar surface area (TPSA) is 62.2 Å². The minimum atomic E-state index is -1.99. The molecule has 0 spiro atoms. The van der Waals surface area contributed by atoms with Crippen molar-refractivity contribution in [1.82, 2.24) is 9.71 Å². The van der Waals surface area contributed by atoms with Gasteiger partial charge in [0.25, 0.3) is 0 Å². The SMILES string of the molecule is O=S(O)NCc1ccc(-c2ccc3ccccc3n2)cc1. The first kappa shape index (κ1) is 13.9. The van der Waals surface area contributed by atoms with Crippen molar-refractivity contribution in [3.8, 4) is 11.3 Å². The van der Waals surface area contributed by atoms with E-state index < -0.39 is 11.3 Å². The highest BCUT2D eigenvalue weighted by molar-refractivity contribution is 7.77. The van der Waals surface area contributed by atoms with Crippen LogP contribution in [0, 0.1) is 0 Å². The van der Waals surface area contributed by atoms with Gasteiger partial charge in [0.2, 0.25) is 11.3 Å². The van der Waals surface area contributed by atoms with Gasteiger partial charge in [-0.2, -0.15) is 0 Å². The molecule has 0 bridgehead atoms. The van der Waals surface area contributed by atoms with Crippen LogP contribution in [-0.2, 0) is 17.8 Å². The van der Waals surface area contributed by atoms with Crippen molar-refractivity contribution in [2.75, 3.05) is 0 Å². The van der Waals surface area contributed by atoms with E-state index in [1.165, 1.54) is 0 Å². The number of para-hydroxylation sites is 1. The molecule has 21 heavy (non-hydrogen) atoms. The predicted molar refractivity (Wildman–Crippen MR) is 84.8 cm³/mol. The summed E-state index contributed by atoms with van der Waals surface area (Å²) in [6.07, 6.45) is 0. The highest BCUT2D eigenvalue weighted by Crippen LogP contribution is 2.21. The maximum Gasteiger partial charge on any atom is 0.232 e. The van der Waals surface area contributed by atoms with E-state index in [0.29, 0.717) is 6.54 Å². The van der Waals surface area contributed by atoms with Crippen LogP contribution in [0.5, 0.6) is 0 Å². The molecule has 0 radical (unpaired) electrons. The molecule has 0 saturated carbocycles. The van der Waals surface area contributed by atoms with Gasteiger partial charge in [0.1, 0.15) is 0 Å². The van der Waals surface area contributed by atoms with Gasteiger partial charge in [0, 0.05) is 17.5 Å². The number of hydrogen-bond acceptors (Lipinski definition) is 2. The third-order valence-electron chi connectivity index (χ3n) is 3.25. The Morgan fingerprint density at radius 2 is 1.76 bits per heavy atom. The molecular weight excluding hydrogens is 284 g/mol. The van der Waals surface area contributed by atoms with Crippen molar-refractivity contribution in [1.29, 1.82) is 0 Å². The summed E-state index contributed by atoms with van der Waals surface area (Å²) in [5.41, 5.74) is 3.85. The van der Waals surface area contributed by atoms with Crippen LogP contribution in [0.15, 0.2) is 60.7 Å². The van der Waals surface area contributed by atoms with Crippen molar-refractivity contribution >= 4 is 22.2 Å². The van der Waals surface area contributed by atoms with Crippen molar-refractivity contribution in [3.05, 3.63) is 66.2 Å². The number of aromatic nitrogens is 1. The maximum absolute atomic E-state index is 10.6. The monoisotopic (exact) mass is 298 g/mol. The van der Waals surface area contributed by atoms with Crippen LogP contribution in [-0.4, -0.2) is 13.7 Å². The second-order valence-corrected chi connectivity index (χ2v) is 5.44. The second-order valence-electron chi connectivity index (χ2n) is 4.66. The van der Waals surface area contributed by atoms with Crippen LogP contribution in [0.2, 0.25) is 0 Å². The van der Waals surface area contributed by atoms with Gasteiger partial charge in [-0.3, -0.25) is 4.55 Å². The second kappa shape index (κ2) is 6.13. The van der Waals surface area contributed by atoms with E-state index in [2.05, 4.69) is 15.8 Å². The fraction of sp³-hybridized carbons (Fsp3) is 0.0625. The molecular formula is C16H14N2O2S. The molecule has 1 unspecified atom stereocenters. The average Bonchev–Trinajstić information content (AvgIpc) is 2.53. The molecule has 2 N–H and O–H groups in total. The summed E-state index contributed by atoms with van der Waals surface area (Å²) in [5.74, 6) is 0. The minimum absolute atomic E-state index is 0.356. The summed E-state index contributed by atoms with van der Waals surface area (Å²) in [5, 5.41) is 1.12. The largest absolute Gasteiger partial charge is 0.294 e. The number of nitrogens with one attached hydrogen (secondary N) is 1. The van der Waals surface area contributed by atoms with Crippen LogP contribution in [0.25, 0.3) is 22.2 Å². The van der Waals surface area contributed by atoms with Crippen LogP contribution < -0.4 is 4.72 Å². The molecule has 4 nitrogen and oxygen atoms in total. The molecule has 106 valence electrons. The quantitative estimate of drug-likeness (QED) is 0.727. The lowest BCUT2D eigenvalue weighted by Crippen LogP contribution is -2.15. The Bertz CT molecular complexity index is 788. The van der Waals surface area contributed by atoms with Gasteiger partial charge in [-0.1, -0.05) is 48.5 Å².